The summed E-state index contributed by atoms with van der Waals surface area (Å²) < 4.78 is 16.6. The minimum absolute atomic E-state index is 0.144. The summed E-state index contributed by atoms with van der Waals surface area (Å²) in [5, 5.41) is 6.38. The fourth-order valence-corrected chi connectivity index (χ4v) is 2.34. The van der Waals surface area contributed by atoms with E-state index >= 15 is 0 Å². The molecule has 23 heavy (non-hydrogen) atoms. The van der Waals surface area contributed by atoms with E-state index in [2.05, 4.69) is 17.6 Å². The van der Waals surface area contributed by atoms with Crippen LogP contribution in [-0.2, 0) is 14.2 Å². The molecule has 1 unspecified atom stereocenters. The van der Waals surface area contributed by atoms with Crippen molar-refractivity contribution in [1.82, 2.24) is 10.6 Å². The van der Waals surface area contributed by atoms with Crippen LogP contribution in [0.25, 0.3) is 0 Å². The van der Waals surface area contributed by atoms with Crippen LogP contribution in [0.15, 0.2) is 0 Å². The van der Waals surface area contributed by atoms with Gasteiger partial charge in [-0.15, -0.1) is 0 Å². The third kappa shape index (κ3) is 9.13. The van der Waals surface area contributed by atoms with E-state index in [0.29, 0.717) is 19.8 Å². The molecular weight excluding hydrogens is 296 g/mol. The predicted octanol–water partition coefficient (Wildman–Crippen LogP) is 2.81. The minimum Gasteiger partial charge on any atom is -0.444 e. The maximum absolute atomic E-state index is 11.8. The van der Waals surface area contributed by atoms with Gasteiger partial charge in [-0.25, -0.2) is 4.79 Å². The summed E-state index contributed by atoms with van der Waals surface area (Å²) in [4.78, 5) is 11.8. The second-order valence-electron chi connectivity index (χ2n) is 7.61. The summed E-state index contributed by atoms with van der Waals surface area (Å²) in [5.74, 6) is -0.508. The minimum atomic E-state index is -0.508. The molecule has 1 rings (SSSR count). The van der Waals surface area contributed by atoms with E-state index in [-0.39, 0.29) is 18.2 Å². The Hall–Kier alpha value is -0.850. The normalized spacial score (nSPS) is 20.1. The molecule has 6 nitrogen and oxygen atoms in total. The number of amides is 1. The van der Waals surface area contributed by atoms with Gasteiger partial charge in [0, 0.05) is 12.6 Å². The number of ether oxygens (including phenoxy) is 3. The SMILES string of the molecule is CCCCC(CNC(=O)OC(C)(C)C)NC1COC(C)(C)OC1. The van der Waals surface area contributed by atoms with Crippen LogP contribution >= 0.6 is 0 Å². The number of unbranched alkanes of at least 4 members (excludes halogenated alkanes) is 1. The number of nitrogens with one attached hydrogen (secondary N) is 2. The van der Waals surface area contributed by atoms with Crippen LogP contribution in [0, 0.1) is 0 Å². The van der Waals surface area contributed by atoms with Crippen molar-refractivity contribution in [3.63, 3.8) is 0 Å². The molecule has 0 radical (unpaired) electrons. The topological polar surface area (TPSA) is 68.8 Å². The van der Waals surface area contributed by atoms with E-state index < -0.39 is 11.4 Å². The highest BCUT2D eigenvalue weighted by atomic mass is 16.7. The largest absolute Gasteiger partial charge is 0.444 e. The monoisotopic (exact) mass is 330 g/mol. The summed E-state index contributed by atoms with van der Waals surface area (Å²) in [6.07, 6.45) is 2.84. The van der Waals surface area contributed by atoms with Crippen LogP contribution < -0.4 is 10.6 Å². The maximum atomic E-state index is 11.8. The van der Waals surface area contributed by atoms with Crippen molar-refractivity contribution in [2.45, 2.75) is 84.3 Å². The molecular formula is C17H34N2O4. The first-order valence-corrected chi connectivity index (χ1v) is 8.62. The zero-order valence-corrected chi connectivity index (χ0v) is 15.5. The summed E-state index contributed by atoms with van der Waals surface area (Å²) in [7, 11) is 0. The molecule has 0 aromatic carbocycles. The lowest BCUT2D eigenvalue weighted by Gasteiger charge is -2.37. The molecule has 6 heteroatoms. The quantitative estimate of drug-likeness (QED) is 0.751. The van der Waals surface area contributed by atoms with Crippen LogP contribution in [0.5, 0.6) is 0 Å². The molecule has 1 amide bonds. The first kappa shape index (κ1) is 20.2. The van der Waals surface area contributed by atoms with Crippen LogP contribution in [0.2, 0.25) is 0 Å². The second kappa shape index (κ2) is 8.85. The van der Waals surface area contributed by atoms with Crippen molar-refractivity contribution in [1.29, 1.82) is 0 Å². The van der Waals surface area contributed by atoms with Crippen LogP contribution in [0.3, 0.4) is 0 Å². The van der Waals surface area contributed by atoms with Crippen molar-refractivity contribution < 1.29 is 19.0 Å². The average Bonchev–Trinajstić information content (AvgIpc) is 2.42. The number of alkyl carbamates (subject to hydrolysis) is 1. The number of rotatable bonds is 7. The highest BCUT2D eigenvalue weighted by molar-refractivity contribution is 5.67. The lowest BCUT2D eigenvalue weighted by atomic mass is 10.1. The number of carbonyl (C=O) groups is 1. The van der Waals surface area contributed by atoms with Gasteiger partial charge >= 0.3 is 6.09 Å². The Bertz CT molecular complexity index is 356. The van der Waals surface area contributed by atoms with Crippen molar-refractivity contribution in [2.24, 2.45) is 0 Å². The lowest BCUT2D eigenvalue weighted by Crippen LogP contribution is -2.54. The fourth-order valence-electron chi connectivity index (χ4n) is 2.34. The Kier molecular flexibility index (Phi) is 7.77. The molecule has 0 aliphatic carbocycles. The summed E-state index contributed by atoms with van der Waals surface area (Å²) in [6.45, 7) is 13.3. The first-order chi connectivity index (χ1) is 10.6. The van der Waals surface area contributed by atoms with Gasteiger partial charge in [0.1, 0.15) is 5.60 Å². The third-order valence-corrected chi connectivity index (χ3v) is 3.53. The van der Waals surface area contributed by atoms with E-state index in [1.54, 1.807) is 0 Å². The van der Waals surface area contributed by atoms with Gasteiger partial charge in [-0.3, -0.25) is 0 Å². The standard InChI is InChI=1S/C17H34N2O4/c1-7-8-9-13(10-18-15(20)23-16(2,3)4)19-14-11-21-17(5,6)22-12-14/h13-14,19H,7-12H2,1-6H3,(H,18,20). The molecule has 0 saturated carbocycles. The molecule has 1 aliphatic heterocycles. The first-order valence-electron chi connectivity index (χ1n) is 8.62. The van der Waals surface area contributed by atoms with Gasteiger partial charge in [-0.05, 0) is 41.0 Å². The highest BCUT2D eigenvalue weighted by Gasteiger charge is 2.29. The van der Waals surface area contributed by atoms with Gasteiger partial charge in [0.05, 0.1) is 19.3 Å². The van der Waals surface area contributed by atoms with E-state index in [1.807, 2.05) is 34.6 Å². The zero-order chi connectivity index (χ0) is 17.5. The second-order valence-corrected chi connectivity index (χ2v) is 7.61. The summed E-state index contributed by atoms with van der Waals surface area (Å²) in [5.41, 5.74) is -0.479. The van der Waals surface area contributed by atoms with Gasteiger partial charge in [0.15, 0.2) is 5.79 Å². The molecule has 0 bridgehead atoms. The van der Waals surface area contributed by atoms with E-state index in [0.717, 1.165) is 19.3 Å². The molecule has 2 N–H and O–H groups in total. The summed E-state index contributed by atoms with van der Waals surface area (Å²) in [6, 6.07) is 0.325. The van der Waals surface area contributed by atoms with Gasteiger partial charge in [-0.1, -0.05) is 19.8 Å². The molecule has 136 valence electrons. The van der Waals surface area contributed by atoms with Gasteiger partial charge < -0.3 is 24.8 Å². The van der Waals surface area contributed by atoms with Crippen LogP contribution in [0.4, 0.5) is 4.79 Å². The van der Waals surface area contributed by atoms with Crippen molar-refractivity contribution in [3.05, 3.63) is 0 Å². The van der Waals surface area contributed by atoms with Crippen molar-refractivity contribution in [3.8, 4) is 0 Å². The summed E-state index contributed by atoms with van der Waals surface area (Å²) >= 11 is 0. The molecule has 0 aromatic rings. The van der Waals surface area contributed by atoms with Gasteiger partial charge in [-0.2, -0.15) is 0 Å². The number of hydrogen-bond acceptors (Lipinski definition) is 5. The molecule has 1 atom stereocenters. The number of carbonyl (C=O) groups excluding carboxylic acids is 1. The molecule has 1 aliphatic rings. The Labute approximate surface area is 140 Å². The highest BCUT2D eigenvalue weighted by Crippen LogP contribution is 2.17. The van der Waals surface area contributed by atoms with Crippen LogP contribution in [-0.4, -0.2) is 49.3 Å². The Balaban J connectivity index is 2.41. The fraction of sp³-hybridized carbons (Fsp3) is 0.941. The van der Waals surface area contributed by atoms with Crippen LogP contribution in [0.1, 0.15) is 60.8 Å². The lowest BCUT2D eigenvalue weighted by molar-refractivity contribution is -0.253. The molecule has 0 aromatic heterocycles. The van der Waals surface area contributed by atoms with E-state index in [9.17, 15) is 4.79 Å². The molecule has 1 saturated heterocycles. The Morgan fingerprint density at radius 1 is 1.30 bits per heavy atom. The van der Waals surface area contributed by atoms with Crippen molar-refractivity contribution in [2.75, 3.05) is 19.8 Å². The van der Waals surface area contributed by atoms with Gasteiger partial charge in [0.2, 0.25) is 0 Å². The predicted molar refractivity (Wildman–Crippen MR) is 90.5 cm³/mol. The Morgan fingerprint density at radius 3 is 2.43 bits per heavy atom. The third-order valence-electron chi connectivity index (χ3n) is 3.53. The Morgan fingerprint density at radius 2 is 1.91 bits per heavy atom. The van der Waals surface area contributed by atoms with E-state index in [1.165, 1.54) is 0 Å². The van der Waals surface area contributed by atoms with Crippen molar-refractivity contribution >= 4 is 6.09 Å². The molecule has 1 heterocycles. The average molecular weight is 330 g/mol. The van der Waals surface area contributed by atoms with Gasteiger partial charge in [0.25, 0.3) is 0 Å². The molecule has 1 fully saturated rings. The molecule has 0 spiro atoms. The smallest absolute Gasteiger partial charge is 0.407 e. The number of hydrogen-bond donors (Lipinski definition) is 2. The zero-order valence-electron chi connectivity index (χ0n) is 15.5. The maximum Gasteiger partial charge on any atom is 0.407 e. The van der Waals surface area contributed by atoms with E-state index in [4.69, 9.17) is 14.2 Å².